The first-order chi connectivity index (χ1) is 21.3. The van der Waals surface area contributed by atoms with Crippen LogP contribution in [0.4, 0.5) is 4.79 Å². The highest BCUT2D eigenvalue weighted by Gasteiger charge is 2.49. The van der Waals surface area contributed by atoms with E-state index < -0.39 is 30.1 Å². The maximum atomic E-state index is 13.7. The number of aromatic nitrogens is 1. The fourth-order valence-corrected chi connectivity index (χ4v) is 6.91. The number of nitrogens with one attached hydrogen (secondary N) is 1. The van der Waals surface area contributed by atoms with Crippen LogP contribution in [0, 0.1) is 5.92 Å². The number of nitrogens with zero attached hydrogens (tertiary/aromatic N) is 5. The van der Waals surface area contributed by atoms with Crippen molar-refractivity contribution in [3.63, 3.8) is 0 Å². The highest BCUT2D eigenvalue weighted by molar-refractivity contribution is 7.11. The molecule has 3 N–H and O–H groups in total. The van der Waals surface area contributed by atoms with E-state index in [0.717, 1.165) is 12.8 Å². The number of thiazole rings is 1. The molecule has 5 rings (SSSR count). The molecule has 3 aliphatic heterocycles. The lowest BCUT2D eigenvalue weighted by Gasteiger charge is -2.39. The molecule has 0 saturated carbocycles. The van der Waals surface area contributed by atoms with E-state index in [9.17, 15) is 24.0 Å². The van der Waals surface area contributed by atoms with Crippen LogP contribution in [0.1, 0.15) is 47.5 Å². The molecule has 0 aliphatic carbocycles. The molecule has 44 heavy (non-hydrogen) atoms. The van der Waals surface area contributed by atoms with Gasteiger partial charge in [0.15, 0.2) is 5.01 Å². The van der Waals surface area contributed by atoms with E-state index in [1.54, 1.807) is 15.2 Å². The Hall–Kier alpha value is -4.33. The van der Waals surface area contributed by atoms with Gasteiger partial charge in [-0.3, -0.25) is 19.2 Å². The minimum Gasteiger partial charge on any atom is -0.451 e. The summed E-state index contributed by atoms with van der Waals surface area (Å²) < 4.78 is 4.55. The van der Waals surface area contributed by atoms with Crippen LogP contribution in [0.2, 0.25) is 0 Å². The number of rotatable bonds is 9. The normalized spacial score (nSPS) is 21.7. The zero-order valence-electron chi connectivity index (χ0n) is 24.6. The molecule has 4 heterocycles. The van der Waals surface area contributed by atoms with Gasteiger partial charge in [-0.2, -0.15) is 0 Å². The minimum absolute atomic E-state index is 0.0292. The molecule has 3 fully saturated rings. The third-order valence-corrected chi connectivity index (χ3v) is 9.36. The van der Waals surface area contributed by atoms with E-state index in [0.29, 0.717) is 45.3 Å². The van der Waals surface area contributed by atoms with Crippen molar-refractivity contribution < 1.29 is 28.7 Å². The zero-order valence-corrected chi connectivity index (χ0v) is 25.4. The molecular weight excluding hydrogens is 586 g/mol. The zero-order chi connectivity index (χ0) is 31.2. The van der Waals surface area contributed by atoms with Crippen molar-refractivity contribution in [2.24, 2.45) is 16.6 Å². The Kier molecular flexibility index (Phi) is 9.88. The van der Waals surface area contributed by atoms with Crippen molar-refractivity contribution in [2.45, 2.75) is 56.7 Å². The lowest BCUT2D eigenvalue weighted by atomic mass is 9.86. The van der Waals surface area contributed by atoms with Gasteiger partial charge in [-0.15, -0.1) is 16.3 Å². The summed E-state index contributed by atoms with van der Waals surface area (Å²) in [4.78, 5) is 78.1. The standard InChI is InChI=1S/C30H37N7O6S/c1-43-30(42)34-29(31)35-15-11-20(12-16-35)24(25(39)27-32-13-17-44-27)33-26(40)21-9-10-22-28(41)36(18-23(38)37(21)22)14-5-8-19-6-3-2-4-7-19/h2-4,6-7,13,17,20-22,24H,5,8-12,14-16,18H2,1H3,(H,33,40)(H2,31,34,42)/t21-,22-,24-/m0/s1. The predicted molar refractivity (Wildman–Crippen MR) is 162 cm³/mol. The first kappa shape index (κ1) is 31.1. The summed E-state index contributed by atoms with van der Waals surface area (Å²) in [6.45, 7) is 1.24. The smallest absolute Gasteiger partial charge is 0.436 e. The molecular formula is C30H37N7O6S. The van der Waals surface area contributed by atoms with Crippen LogP contribution in [0.25, 0.3) is 0 Å². The molecule has 13 nitrogen and oxygen atoms in total. The third-order valence-electron chi connectivity index (χ3n) is 8.57. The van der Waals surface area contributed by atoms with Gasteiger partial charge in [-0.25, -0.2) is 9.78 Å². The number of carbonyl (C=O) groups is 5. The summed E-state index contributed by atoms with van der Waals surface area (Å²) >= 11 is 1.19. The van der Waals surface area contributed by atoms with Gasteiger partial charge in [-0.05, 0) is 50.0 Å². The van der Waals surface area contributed by atoms with Gasteiger partial charge in [0.1, 0.15) is 12.1 Å². The number of amides is 4. The first-order valence-corrected chi connectivity index (χ1v) is 15.7. The number of aliphatic imine (C=N–C) groups is 1. The fraction of sp³-hybridized carbons (Fsp3) is 0.500. The minimum atomic E-state index is -0.876. The van der Waals surface area contributed by atoms with Gasteiger partial charge in [-0.1, -0.05) is 30.3 Å². The van der Waals surface area contributed by atoms with Gasteiger partial charge in [0.25, 0.3) is 0 Å². The number of methoxy groups -OCH3 is 1. The number of ether oxygens (including phenoxy) is 1. The second-order valence-electron chi connectivity index (χ2n) is 11.2. The number of hydrogen-bond acceptors (Lipinski definition) is 8. The van der Waals surface area contributed by atoms with Gasteiger partial charge in [0.05, 0.1) is 19.7 Å². The highest BCUT2D eigenvalue weighted by atomic mass is 32.1. The summed E-state index contributed by atoms with van der Waals surface area (Å²) in [5, 5.41) is 4.92. The van der Waals surface area contributed by atoms with Crippen molar-refractivity contribution in [3.8, 4) is 0 Å². The number of nitrogens with two attached hydrogens (primary N) is 1. The number of likely N-dealkylation sites (tertiary alicyclic amines) is 1. The van der Waals surface area contributed by atoms with Crippen LogP contribution in [0.5, 0.6) is 0 Å². The number of hydrogen-bond donors (Lipinski definition) is 2. The Morgan fingerprint density at radius 3 is 2.57 bits per heavy atom. The third kappa shape index (κ3) is 6.90. The average molecular weight is 624 g/mol. The maximum Gasteiger partial charge on any atom is 0.436 e. The summed E-state index contributed by atoms with van der Waals surface area (Å²) in [5.74, 6) is -1.36. The molecule has 0 radical (unpaired) electrons. The van der Waals surface area contributed by atoms with Gasteiger partial charge in [0, 0.05) is 31.2 Å². The van der Waals surface area contributed by atoms with E-state index in [1.165, 1.54) is 35.1 Å². The average Bonchev–Trinajstić information content (AvgIpc) is 3.74. The number of piperazine rings is 1. The molecule has 0 bridgehead atoms. The van der Waals surface area contributed by atoms with E-state index in [-0.39, 0.29) is 41.0 Å². The SMILES string of the molecule is COC(=O)N=C(N)N1CCC([C@H](NC(=O)[C@@H]2CC[C@H]3C(=O)N(CCCc4ccccc4)CC(=O)N23)C(=O)c2nccs2)CC1. The van der Waals surface area contributed by atoms with Crippen LogP contribution in [0.3, 0.4) is 0 Å². The van der Waals surface area contributed by atoms with Crippen molar-refractivity contribution in [1.29, 1.82) is 0 Å². The monoisotopic (exact) mass is 623 g/mol. The topological polar surface area (TPSA) is 168 Å². The fourth-order valence-electron chi connectivity index (χ4n) is 6.30. The van der Waals surface area contributed by atoms with Crippen LogP contribution >= 0.6 is 11.3 Å². The van der Waals surface area contributed by atoms with E-state index in [4.69, 9.17) is 5.73 Å². The molecule has 1 aromatic carbocycles. The number of benzene rings is 1. The summed E-state index contributed by atoms with van der Waals surface area (Å²) in [6.07, 6.45) is 3.98. The lowest BCUT2D eigenvalue weighted by molar-refractivity contribution is -0.157. The van der Waals surface area contributed by atoms with Gasteiger partial charge >= 0.3 is 6.09 Å². The van der Waals surface area contributed by atoms with E-state index in [1.807, 2.05) is 30.3 Å². The molecule has 1 aromatic heterocycles. The van der Waals surface area contributed by atoms with E-state index in [2.05, 4.69) is 20.0 Å². The quantitative estimate of drug-likeness (QED) is 0.239. The van der Waals surface area contributed by atoms with Gasteiger partial charge < -0.3 is 30.5 Å². The van der Waals surface area contributed by atoms with Crippen molar-refractivity contribution >= 4 is 46.9 Å². The van der Waals surface area contributed by atoms with Crippen molar-refractivity contribution in [1.82, 2.24) is 25.0 Å². The lowest BCUT2D eigenvalue weighted by Crippen LogP contribution is -2.62. The number of ketones is 1. The molecule has 0 spiro atoms. The molecule has 3 atom stereocenters. The molecule has 3 aliphatic rings. The van der Waals surface area contributed by atoms with Crippen LogP contribution in [0.15, 0.2) is 46.9 Å². The second-order valence-corrected chi connectivity index (χ2v) is 12.1. The number of guanidine groups is 1. The Labute approximate surface area is 259 Å². The number of fused-ring (bicyclic) bond motifs is 1. The second kappa shape index (κ2) is 14.0. The predicted octanol–water partition coefficient (Wildman–Crippen LogP) is 1.44. The summed E-state index contributed by atoms with van der Waals surface area (Å²) in [6, 6.07) is 7.59. The maximum absolute atomic E-state index is 13.7. The number of carbonyl (C=O) groups excluding carboxylic acids is 5. The van der Waals surface area contributed by atoms with Crippen molar-refractivity contribution in [2.75, 3.05) is 33.3 Å². The largest absolute Gasteiger partial charge is 0.451 e. The Morgan fingerprint density at radius 1 is 1.14 bits per heavy atom. The Morgan fingerprint density at radius 2 is 1.89 bits per heavy atom. The van der Waals surface area contributed by atoms with Crippen molar-refractivity contribution in [3.05, 3.63) is 52.5 Å². The van der Waals surface area contributed by atoms with E-state index >= 15 is 0 Å². The molecule has 234 valence electrons. The molecule has 0 unspecified atom stereocenters. The van der Waals surface area contributed by atoms with Crippen LogP contribution in [-0.2, 0) is 25.5 Å². The molecule has 14 heteroatoms. The number of aryl methyl sites for hydroxylation is 1. The van der Waals surface area contributed by atoms with Crippen LogP contribution < -0.4 is 11.1 Å². The molecule has 2 aromatic rings. The van der Waals surface area contributed by atoms with Gasteiger partial charge in [0.2, 0.25) is 29.5 Å². The Balaban J connectivity index is 1.23. The Bertz CT molecular complexity index is 1390. The first-order valence-electron chi connectivity index (χ1n) is 14.8. The molecule has 3 saturated heterocycles. The number of Topliss-reactive ketones (excluding diaryl/α,β-unsaturated/α-hetero) is 1. The number of piperidine rings is 1. The molecule has 4 amide bonds. The highest BCUT2D eigenvalue weighted by Crippen LogP contribution is 2.31. The van der Waals surface area contributed by atoms with Crippen LogP contribution in [-0.4, -0.2) is 107 Å². The summed E-state index contributed by atoms with van der Waals surface area (Å²) in [7, 11) is 1.21. The summed E-state index contributed by atoms with van der Waals surface area (Å²) in [5.41, 5.74) is 7.13.